The molecule has 78 valence electrons. The Morgan fingerprint density at radius 2 is 2.07 bits per heavy atom. The third-order valence-corrected chi connectivity index (χ3v) is 2.73. The molecule has 4 nitrogen and oxygen atoms in total. The Hall–Kier alpha value is -1.32. The lowest BCUT2D eigenvalue weighted by molar-refractivity contribution is 0.530. The number of nitrogens with zero attached hydrogens (tertiary/aromatic N) is 2. The third-order valence-electron chi connectivity index (χ3n) is 2.73. The highest BCUT2D eigenvalue weighted by molar-refractivity contribution is 5.81. The first-order valence-electron chi connectivity index (χ1n) is 4.85. The molecule has 1 unspecified atom stereocenters. The maximum absolute atomic E-state index is 7.48. The minimum absolute atomic E-state index is 0.0950. The molecule has 0 saturated carbocycles. The van der Waals surface area contributed by atoms with Gasteiger partial charge < -0.3 is 5.73 Å². The van der Waals surface area contributed by atoms with Crippen LogP contribution in [0.2, 0.25) is 0 Å². The maximum Gasteiger partial charge on any atom is 0.116 e. The molecule has 0 fully saturated rings. The lowest BCUT2D eigenvalue weighted by atomic mass is 10.2. The largest absolute Gasteiger partial charge is 0.386 e. The van der Waals surface area contributed by atoms with Gasteiger partial charge in [-0.15, -0.1) is 0 Å². The summed E-state index contributed by atoms with van der Waals surface area (Å²) < 4.78 is 1.85. The standard InChI is InChI=1S/C10H18N4/c1-5-9(10(11)12)14-8(4)6(2)7(3)13-14/h9H,5H2,1-4H3,(H3,11,12). The maximum atomic E-state index is 7.48. The number of hydrogen-bond donors (Lipinski definition) is 2. The summed E-state index contributed by atoms with van der Waals surface area (Å²) in [6.45, 7) is 8.05. The van der Waals surface area contributed by atoms with Gasteiger partial charge in [0, 0.05) is 5.69 Å². The summed E-state index contributed by atoms with van der Waals surface area (Å²) in [6, 6.07) is -0.0950. The third kappa shape index (κ3) is 1.64. The van der Waals surface area contributed by atoms with Crippen LogP contribution in [0.1, 0.15) is 36.3 Å². The normalized spacial score (nSPS) is 12.9. The molecule has 0 aliphatic heterocycles. The Labute approximate surface area is 84.6 Å². The van der Waals surface area contributed by atoms with Gasteiger partial charge in [-0.3, -0.25) is 10.1 Å². The van der Waals surface area contributed by atoms with Crippen LogP contribution in [0.25, 0.3) is 0 Å². The first-order chi connectivity index (χ1) is 6.49. The topological polar surface area (TPSA) is 67.7 Å². The van der Waals surface area contributed by atoms with Crippen molar-refractivity contribution in [2.45, 2.75) is 40.2 Å². The van der Waals surface area contributed by atoms with Gasteiger partial charge in [0.25, 0.3) is 0 Å². The number of hydrogen-bond acceptors (Lipinski definition) is 2. The highest BCUT2D eigenvalue weighted by Gasteiger charge is 2.17. The second kappa shape index (κ2) is 3.82. The molecular formula is C10H18N4. The van der Waals surface area contributed by atoms with E-state index in [9.17, 15) is 0 Å². The fourth-order valence-corrected chi connectivity index (χ4v) is 1.57. The molecule has 4 heteroatoms. The van der Waals surface area contributed by atoms with E-state index in [0.717, 1.165) is 17.8 Å². The van der Waals surface area contributed by atoms with Gasteiger partial charge in [0.2, 0.25) is 0 Å². The summed E-state index contributed by atoms with van der Waals surface area (Å²) in [4.78, 5) is 0. The fraction of sp³-hybridized carbons (Fsp3) is 0.600. The van der Waals surface area contributed by atoms with Crippen molar-refractivity contribution < 1.29 is 0 Å². The van der Waals surface area contributed by atoms with Gasteiger partial charge in [-0.05, 0) is 32.8 Å². The van der Waals surface area contributed by atoms with E-state index in [4.69, 9.17) is 11.1 Å². The van der Waals surface area contributed by atoms with Crippen molar-refractivity contribution in [3.63, 3.8) is 0 Å². The molecule has 0 aliphatic carbocycles. The van der Waals surface area contributed by atoms with Gasteiger partial charge in [0.05, 0.1) is 5.69 Å². The quantitative estimate of drug-likeness (QED) is 0.568. The van der Waals surface area contributed by atoms with E-state index in [-0.39, 0.29) is 11.9 Å². The van der Waals surface area contributed by atoms with Crippen molar-refractivity contribution in [3.05, 3.63) is 17.0 Å². The van der Waals surface area contributed by atoms with Crippen LogP contribution in [0, 0.1) is 26.2 Å². The van der Waals surface area contributed by atoms with Gasteiger partial charge >= 0.3 is 0 Å². The molecule has 0 radical (unpaired) electrons. The molecule has 3 N–H and O–H groups in total. The Bertz CT molecular complexity index is 351. The Balaban J connectivity index is 3.17. The van der Waals surface area contributed by atoms with Gasteiger partial charge in [0.1, 0.15) is 11.9 Å². The molecule has 0 bridgehead atoms. The molecule has 1 aromatic rings. The molecular weight excluding hydrogens is 176 g/mol. The first kappa shape index (κ1) is 10.8. The summed E-state index contributed by atoms with van der Waals surface area (Å²) >= 11 is 0. The summed E-state index contributed by atoms with van der Waals surface area (Å²) in [5.74, 6) is 0.179. The smallest absolute Gasteiger partial charge is 0.116 e. The van der Waals surface area contributed by atoms with Gasteiger partial charge in [0.15, 0.2) is 0 Å². The zero-order valence-corrected chi connectivity index (χ0v) is 9.26. The van der Waals surface area contributed by atoms with Crippen molar-refractivity contribution in [1.29, 1.82) is 5.41 Å². The van der Waals surface area contributed by atoms with Crippen LogP contribution in [-0.4, -0.2) is 15.6 Å². The molecule has 0 amide bonds. The molecule has 0 aliphatic rings. The second-order valence-corrected chi connectivity index (χ2v) is 3.62. The van der Waals surface area contributed by atoms with Gasteiger partial charge in [-0.25, -0.2) is 0 Å². The van der Waals surface area contributed by atoms with Crippen molar-refractivity contribution in [1.82, 2.24) is 9.78 Å². The Morgan fingerprint density at radius 3 is 2.36 bits per heavy atom. The highest BCUT2D eigenvalue weighted by atomic mass is 15.3. The average molecular weight is 194 g/mol. The predicted molar refractivity (Wildman–Crippen MR) is 57.7 cm³/mol. The van der Waals surface area contributed by atoms with E-state index in [1.807, 2.05) is 32.4 Å². The number of amidine groups is 1. The predicted octanol–water partition coefficient (Wildman–Crippen LogP) is 1.70. The molecule has 0 spiro atoms. The second-order valence-electron chi connectivity index (χ2n) is 3.62. The lowest BCUT2D eigenvalue weighted by Crippen LogP contribution is -2.26. The number of aromatic nitrogens is 2. The SMILES string of the molecule is CCC(C(=N)N)n1nc(C)c(C)c1C. The summed E-state index contributed by atoms with van der Waals surface area (Å²) in [5, 5.41) is 11.9. The van der Waals surface area contributed by atoms with Crippen LogP contribution in [-0.2, 0) is 0 Å². The van der Waals surface area contributed by atoms with Crippen molar-refractivity contribution in [3.8, 4) is 0 Å². The lowest BCUT2D eigenvalue weighted by Gasteiger charge is -2.15. The van der Waals surface area contributed by atoms with Crippen molar-refractivity contribution in [2.24, 2.45) is 5.73 Å². The van der Waals surface area contributed by atoms with Gasteiger partial charge in [-0.2, -0.15) is 5.10 Å². The van der Waals surface area contributed by atoms with Crippen LogP contribution < -0.4 is 5.73 Å². The molecule has 14 heavy (non-hydrogen) atoms. The van der Waals surface area contributed by atoms with Crippen molar-refractivity contribution in [2.75, 3.05) is 0 Å². The minimum atomic E-state index is -0.0950. The fourth-order valence-electron chi connectivity index (χ4n) is 1.57. The van der Waals surface area contributed by atoms with E-state index in [2.05, 4.69) is 5.10 Å². The summed E-state index contributed by atoms with van der Waals surface area (Å²) in [6.07, 6.45) is 0.802. The minimum Gasteiger partial charge on any atom is -0.386 e. The highest BCUT2D eigenvalue weighted by Crippen LogP contribution is 2.18. The van der Waals surface area contributed by atoms with E-state index in [1.54, 1.807) is 0 Å². The average Bonchev–Trinajstić information content (AvgIpc) is 2.35. The van der Waals surface area contributed by atoms with Crippen LogP contribution in [0.4, 0.5) is 0 Å². The summed E-state index contributed by atoms with van der Waals surface area (Å²) in [5.41, 5.74) is 8.83. The zero-order chi connectivity index (χ0) is 10.9. The van der Waals surface area contributed by atoms with Crippen LogP contribution in [0.3, 0.4) is 0 Å². The van der Waals surface area contributed by atoms with Gasteiger partial charge in [-0.1, -0.05) is 6.92 Å². The number of rotatable bonds is 3. The number of nitrogens with one attached hydrogen (secondary N) is 1. The first-order valence-corrected chi connectivity index (χ1v) is 4.85. The van der Waals surface area contributed by atoms with E-state index >= 15 is 0 Å². The van der Waals surface area contributed by atoms with E-state index in [0.29, 0.717) is 0 Å². The zero-order valence-electron chi connectivity index (χ0n) is 9.26. The molecule has 1 atom stereocenters. The van der Waals surface area contributed by atoms with Crippen LogP contribution in [0.5, 0.6) is 0 Å². The van der Waals surface area contributed by atoms with Crippen LogP contribution >= 0.6 is 0 Å². The molecule has 0 aromatic carbocycles. The monoisotopic (exact) mass is 194 g/mol. The molecule has 1 heterocycles. The van der Waals surface area contributed by atoms with E-state index < -0.39 is 0 Å². The van der Waals surface area contributed by atoms with Crippen molar-refractivity contribution >= 4 is 5.84 Å². The Morgan fingerprint density at radius 1 is 1.50 bits per heavy atom. The summed E-state index contributed by atoms with van der Waals surface area (Å²) in [7, 11) is 0. The molecule has 1 aromatic heterocycles. The Kier molecular flexibility index (Phi) is 2.93. The number of nitrogens with two attached hydrogens (primary N) is 1. The van der Waals surface area contributed by atoms with Crippen LogP contribution in [0.15, 0.2) is 0 Å². The number of aryl methyl sites for hydroxylation is 1. The molecule has 1 rings (SSSR count). The molecule has 0 saturated heterocycles. The van der Waals surface area contributed by atoms with E-state index in [1.165, 1.54) is 5.56 Å².